The van der Waals surface area contributed by atoms with E-state index < -0.39 is 89.3 Å². The number of benzene rings is 4. The van der Waals surface area contributed by atoms with Gasteiger partial charge >= 0.3 is 361 Å². The second kappa shape index (κ2) is 17.2. The van der Waals surface area contributed by atoms with E-state index in [0.717, 1.165) is 48.5 Å². The van der Waals surface area contributed by atoms with Crippen molar-refractivity contribution in [2.24, 2.45) is 0 Å². The molecule has 4 aromatic rings. The van der Waals surface area contributed by atoms with Crippen molar-refractivity contribution < 1.29 is 61.7 Å². The van der Waals surface area contributed by atoms with Crippen molar-refractivity contribution in [3.63, 3.8) is 0 Å². The molecule has 0 bridgehead atoms. The number of hydrogen-bond acceptors (Lipinski definition) is 6. The summed E-state index contributed by atoms with van der Waals surface area (Å²) >= 11 is 6.10. The van der Waals surface area contributed by atoms with Crippen LogP contribution in [0.1, 0.15) is 75.6 Å². The Hall–Kier alpha value is -2.30. The van der Waals surface area contributed by atoms with Crippen LogP contribution in [-0.4, -0.2) is 89.8 Å². The van der Waals surface area contributed by atoms with Crippen molar-refractivity contribution in [2.75, 3.05) is 34.8 Å². The first-order valence-electron chi connectivity index (χ1n) is 18.2. The topological polar surface area (TPSA) is 31.4 Å². The summed E-state index contributed by atoms with van der Waals surface area (Å²) in [5, 5.41) is 0. The van der Waals surface area contributed by atoms with E-state index in [9.17, 15) is 52.7 Å². The van der Waals surface area contributed by atoms with Gasteiger partial charge in [-0.25, -0.2) is 0 Å². The molecule has 6 nitrogen and oxygen atoms in total. The molecule has 0 saturated carbocycles. The van der Waals surface area contributed by atoms with E-state index >= 15 is 0 Å². The zero-order valence-electron chi connectivity index (χ0n) is 32.7. The van der Waals surface area contributed by atoms with Crippen LogP contribution in [0, 0.1) is 0 Å². The average Bonchev–Trinajstić information content (AvgIpc) is 3.50. The van der Waals surface area contributed by atoms with Crippen LogP contribution >= 0.6 is 12.1 Å². The maximum absolute atomic E-state index is 13.9. The van der Waals surface area contributed by atoms with Crippen LogP contribution < -0.4 is 0 Å². The van der Waals surface area contributed by atoms with E-state index in [1.165, 1.54) is 48.5 Å². The minimum absolute atomic E-state index is 0.166. The summed E-state index contributed by atoms with van der Waals surface area (Å²) in [5.41, 5.74) is -3.14. The van der Waals surface area contributed by atoms with Gasteiger partial charge in [-0.1, -0.05) is 0 Å². The number of likely N-dealkylation sites (N-methyl/N-ethyl adjacent to an activating group) is 4. The van der Waals surface area contributed by atoms with Crippen LogP contribution in [0.5, 0.6) is 0 Å². The van der Waals surface area contributed by atoms with Gasteiger partial charge in [-0.2, -0.15) is 0 Å². The van der Waals surface area contributed by atoms with Crippen molar-refractivity contribution in [3.05, 3.63) is 142 Å². The van der Waals surface area contributed by atoms with E-state index in [1.54, 1.807) is 53.8 Å². The molecule has 2 aliphatic rings. The molecule has 22 heteroatoms. The molecule has 2 fully saturated rings. The van der Waals surface area contributed by atoms with E-state index in [0.29, 0.717) is 0 Å². The van der Waals surface area contributed by atoms with Crippen LogP contribution in [-0.2, 0) is 33.8 Å². The van der Waals surface area contributed by atoms with Crippen molar-refractivity contribution in [2.45, 2.75) is 61.9 Å². The molecule has 0 radical (unpaired) electrons. The number of rotatable bonds is 9. The average molecular weight is 1040 g/mol. The van der Waals surface area contributed by atoms with Crippen LogP contribution in [0.15, 0.2) is 97.1 Å². The molecule has 332 valence electrons. The predicted octanol–water partition coefficient (Wildman–Crippen LogP) is 11.9. The Morgan fingerprint density at radius 2 is 0.721 bits per heavy atom. The summed E-state index contributed by atoms with van der Waals surface area (Å²) < 4.78 is 187. The van der Waals surface area contributed by atoms with Gasteiger partial charge in [-0.3, -0.25) is 0 Å². The zero-order chi connectivity index (χ0) is 45.2. The van der Waals surface area contributed by atoms with Gasteiger partial charge in [0.05, 0.1) is 0 Å². The van der Waals surface area contributed by atoms with Gasteiger partial charge in [0.25, 0.3) is 0 Å². The maximum atomic E-state index is 13.9. The molecule has 2 saturated heterocycles. The van der Waals surface area contributed by atoms with E-state index in [1.807, 2.05) is 0 Å². The summed E-state index contributed by atoms with van der Waals surface area (Å²) in [4.78, 5) is 0. The van der Waals surface area contributed by atoms with Gasteiger partial charge in [0, 0.05) is 0 Å². The monoisotopic (exact) mass is 1040 g/mol. The molecule has 0 spiro atoms. The molecule has 0 unspecified atom stereocenters. The molecule has 4 aromatic carbocycles. The zero-order valence-corrected chi connectivity index (χ0v) is 37.9. The Morgan fingerprint density at radius 3 is 0.967 bits per heavy atom. The standard InChI is InChI=1S/C39H38F12N4O2P2Se2/c1-23(57-59(61)54(4)34(26-12-8-16-30(20-26)38(46,47)48)35(55(59)5)27-13-9-17-31(21-27)39(49,50)51)22-56-58(60)52(2)32(24-10-6-14-28(18-24)36(40,41)42)33(53(58)3)25-11-7-15-29(19-25)37(43,44)45/h6-21,23,32-35H,22H2,1-5H3/t23-,32+,33+,34+,35+/m0/s1. The minimum atomic E-state index is -4.71. The molecular formula is C39H38F12N4O2P2Se2. The third kappa shape index (κ3) is 9.58. The normalized spacial score (nSPS) is 23.8. The van der Waals surface area contributed by atoms with Crippen molar-refractivity contribution in [1.82, 2.24) is 18.7 Å². The fourth-order valence-electron chi connectivity index (χ4n) is 7.88. The Balaban J connectivity index is 1.34. The summed E-state index contributed by atoms with van der Waals surface area (Å²) in [6.45, 7) is 1.42. The van der Waals surface area contributed by atoms with E-state index in [-0.39, 0.29) is 28.9 Å². The molecular weight excluding hydrogens is 1000 g/mol. The third-order valence-electron chi connectivity index (χ3n) is 10.8. The van der Waals surface area contributed by atoms with E-state index in [2.05, 4.69) is 30.2 Å². The quantitative estimate of drug-likeness (QED) is 0.0943. The molecule has 2 heterocycles. The first kappa shape index (κ1) is 48.2. The summed E-state index contributed by atoms with van der Waals surface area (Å²) in [6, 6.07) is 7.85. The van der Waals surface area contributed by atoms with Crippen LogP contribution in [0.2, 0.25) is 0 Å². The first-order chi connectivity index (χ1) is 28.1. The Morgan fingerprint density at radius 1 is 0.475 bits per heavy atom. The Bertz CT molecular complexity index is 2200. The number of hydrogen-bond donors (Lipinski definition) is 0. The molecule has 0 N–H and O–H groups in total. The molecule has 0 aliphatic carbocycles. The molecule has 2 aliphatic heterocycles. The summed E-state index contributed by atoms with van der Waals surface area (Å²) in [7, 11) is 6.36. The van der Waals surface area contributed by atoms with Gasteiger partial charge in [-0.15, -0.1) is 0 Å². The third-order valence-corrected chi connectivity index (χ3v) is 23.8. The van der Waals surface area contributed by atoms with Crippen LogP contribution in [0.3, 0.4) is 0 Å². The molecule has 0 aromatic heterocycles. The van der Waals surface area contributed by atoms with Gasteiger partial charge in [0.2, 0.25) is 0 Å². The van der Waals surface area contributed by atoms with Crippen LogP contribution in [0.4, 0.5) is 52.7 Å². The van der Waals surface area contributed by atoms with Crippen LogP contribution in [0.25, 0.3) is 0 Å². The van der Waals surface area contributed by atoms with E-state index in [4.69, 9.17) is 9.05 Å². The predicted molar refractivity (Wildman–Crippen MR) is 210 cm³/mol. The number of nitrogens with zero attached hydrogens (tertiary/aromatic N) is 4. The van der Waals surface area contributed by atoms with Gasteiger partial charge in [0.1, 0.15) is 0 Å². The second-order valence-corrected chi connectivity index (χ2v) is 25.7. The van der Waals surface area contributed by atoms with Crippen molar-refractivity contribution in [1.29, 1.82) is 0 Å². The van der Waals surface area contributed by atoms with Crippen molar-refractivity contribution >= 4 is 42.3 Å². The summed E-state index contributed by atoms with van der Waals surface area (Å²) in [5.74, 6) is 0. The molecule has 6 rings (SSSR count). The number of alkyl halides is 12. The van der Waals surface area contributed by atoms with Crippen molar-refractivity contribution in [3.8, 4) is 0 Å². The second-order valence-electron chi connectivity index (χ2n) is 14.8. The van der Waals surface area contributed by atoms with Gasteiger partial charge in [-0.05, 0) is 0 Å². The SMILES string of the molecule is C[C@@H](COP1(=[Se])N(C)[C@H](c2cccc(C(F)(F)F)c2)[C@@H](c2cccc(C(F)(F)F)c2)N1C)OP1(=[Se])N(C)[C@H](c2cccc(C(F)(F)F)c2)[C@@H](c2cccc(C(F)(F)F)c2)N1C. The summed E-state index contributed by atoms with van der Waals surface area (Å²) in [6.07, 6.45) is -19.7. The number of halogens is 12. The molecule has 5 atom stereocenters. The fraction of sp³-hybridized carbons (Fsp3) is 0.385. The Kier molecular flexibility index (Phi) is 13.6. The molecule has 61 heavy (non-hydrogen) atoms. The first-order valence-corrected chi connectivity index (χ1v) is 25.9. The molecule has 0 amide bonds. The van der Waals surface area contributed by atoms with Gasteiger partial charge in [0.15, 0.2) is 0 Å². The van der Waals surface area contributed by atoms with Gasteiger partial charge < -0.3 is 0 Å². The fourth-order valence-corrected chi connectivity index (χ4v) is 16.5. The Labute approximate surface area is 359 Å².